The van der Waals surface area contributed by atoms with Crippen LogP contribution in [-0.4, -0.2) is 17.5 Å². The van der Waals surface area contributed by atoms with Crippen LogP contribution in [0.3, 0.4) is 0 Å². The lowest BCUT2D eigenvalue weighted by Crippen LogP contribution is -2.30. The van der Waals surface area contributed by atoms with E-state index < -0.39 is 0 Å². The Labute approximate surface area is 135 Å². The first-order chi connectivity index (χ1) is 9.61. The van der Waals surface area contributed by atoms with Crippen LogP contribution in [0.4, 0.5) is 0 Å². The standard InChI is InChI=1S/C15H30O2.2C2H6/c1-11(2)8-9-14(17-15(5,6)7)10-12(3)13(4)16;2*1-2/h11-12,14H,8-10H2,1-7H3;2*1-2H3/t12-,14-;;/m0../s1. The molecule has 0 heterocycles. The fraction of sp³-hybridized carbons (Fsp3) is 0.947. The molecule has 21 heavy (non-hydrogen) atoms. The number of hydrogen-bond donors (Lipinski definition) is 0. The molecule has 0 rings (SSSR count). The van der Waals surface area contributed by atoms with E-state index in [0.29, 0.717) is 5.92 Å². The number of hydrogen-bond acceptors (Lipinski definition) is 2. The Morgan fingerprint density at radius 3 is 1.67 bits per heavy atom. The number of ketones is 1. The maximum atomic E-state index is 11.3. The SMILES string of the molecule is CC.CC.CC(=O)[C@@H](C)C[C@H](CCC(C)C)OC(C)(C)C. The Hall–Kier alpha value is -0.370. The summed E-state index contributed by atoms with van der Waals surface area (Å²) in [4.78, 5) is 11.3. The first-order valence-corrected chi connectivity index (χ1v) is 8.80. The molecule has 0 saturated heterocycles. The van der Waals surface area contributed by atoms with Crippen molar-refractivity contribution in [3.8, 4) is 0 Å². The van der Waals surface area contributed by atoms with Crippen molar-refractivity contribution in [3.05, 3.63) is 0 Å². The van der Waals surface area contributed by atoms with Crippen LogP contribution >= 0.6 is 0 Å². The molecule has 0 amide bonds. The minimum absolute atomic E-state index is 0.106. The van der Waals surface area contributed by atoms with E-state index >= 15 is 0 Å². The molecule has 0 aliphatic rings. The average molecular weight is 303 g/mol. The van der Waals surface area contributed by atoms with Crippen LogP contribution in [0, 0.1) is 11.8 Å². The van der Waals surface area contributed by atoms with Crippen molar-refractivity contribution in [2.45, 2.75) is 107 Å². The first kappa shape index (κ1) is 25.6. The molecule has 0 saturated carbocycles. The summed E-state index contributed by atoms with van der Waals surface area (Å²) in [5.41, 5.74) is -0.127. The minimum atomic E-state index is -0.127. The van der Waals surface area contributed by atoms with Crippen LogP contribution in [-0.2, 0) is 9.53 Å². The van der Waals surface area contributed by atoms with Gasteiger partial charge in [0, 0.05) is 5.92 Å². The average Bonchev–Trinajstić information content (AvgIpc) is 2.38. The molecule has 2 atom stereocenters. The molecule has 0 radical (unpaired) electrons. The summed E-state index contributed by atoms with van der Waals surface area (Å²) in [5.74, 6) is 1.06. The van der Waals surface area contributed by atoms with Crippen molar-refractivity contribution < 1.29 is 9.53 Å². The van der Waals surface area contributed by atoms with Crippen LogP contribution in [0.2, 0.25) is 0 Å². The highest BCUT2D eigenvalue weighted by atomic mass is 16.5. The van der Waals surface area contributed by atoms with Gasteiger partial charge in [-0.25, -0.2) is 0 Å². The molecule has 0 fully saturated rings. The molecular formula is C19H42O2. The summed E-state index contributed by atoms with van der Waals surface area (Å²) in [7, 11) is 0. The van der Waals surface area contributed by atoms with Crippen LogP contribution in [0.5, 0.6) is 0 Å². The molecule has 2 nitrogen and oxygen atoms in total. The predicted molar refractivity (Wildman–Crippen MR) is 95.9 cm³/mol. The highest BCUT2D eigenvalue weighted by Gasteiger charge is 2.22. The third kappa shape index (κ3) is 19.6. The molecule has 0 spiro atoms. The second kappa shape index (κ2) is 14.6. The van der Waals surface area contributed by atoms with Gasteiger partial charge in [0.25, 0.3) is 0 Å². The summed E-state index contributed by atoms with van der Waals surface area (Å²) < 4.78 is 6.06. The Morgan fingerprint density at radius 1 is 0.952 bits per heavy atom. The van der Waals surface area contributed by atoms with Crippen LogP contribution in [0.1, 0.15) is 95.4 Å². The van der Waals surface area contributed by atoms with Gasteiger partial charge in [0.1, 0.15) is 5.78 Å². The molecule has 0 bridgehead atoms. The van der Waals surface area contributed by atoms with Crippen molar-refractivity contribution in [2.75, 3.05) is 0 Å². The number of Topliss-reactive ketones (excluding diaryl/α,β-unsaturated/α-hetero) is 1. The Bertz CT molecular complexity index is 226. The van der Waals surface area contributed by atoms with Gasteiger partial charge in [-0.3, -0.25) is 4.79 Å². The Morgan fingerprint density at radius 2 is 1.38 bits per heavy atom. The fourth-order valence-electron chi connectivity index (χ4n) is 1.80. The topological polar surface area (TPSA) is 26.3 Å². The van der Waals surface area contributed by atoms with Gasteiger partial charge < -0.3 is 4.74 Å². The number of rotatable bonds is 7. The zero-order chi connectivity index (χ0) is 17.6. The van der Waals surface area contributed by atoms with Crippen LogP contribution in [0.15, 0.2) is 0 Å². The van der Waals surface area contributed by atoms with E-state index in [9.17, 15) is 4.79 Å². The normalized spacial score (nSPS) is 13.5. The van der Waals surface area contributed by atoms with Gasteiger partial charge in [0.15, 0.2) is 0 Å². The first-order valence-electron chi connectivity index (χ1n) is 8.80. The number of carbonyl (C=O) groups excluding carboxylic acids is 1. The minimum Gasteiger partial charge on any atom is -0.373 e. The van der Waals surface area contributed by atoms with E-state index in [1.165, 1.54) is 0 Å². The van der Waals surface area contributed by atoms with Crippen LogP contribution in [0.25, 0.3) is 0 Å². The molecule has 2 heteroatoms. The second-order valence-corrected chi connectivity index (χ2v) is 6.57. The smallest absolute Gasteiger partial charge is 0.132 e. The predicted octanol–water partition coefficient (Wildman–Crippen LogP) is 6.27. The third-order valence-corrected chi connectivity index (χ3v) is 2.90. The molecule has 0 aromatic heterocycles. The van der Waals surface area contributed by atoms with E-state index in [0.717, 1.165) is 19.3 Å². The molecule has 0 aliphatic carbocycles. The summed E-state index contributed by atoms with van der Waals surface area (Å²) in [6, 6.07) is 0. The maximum absolute atomic E-state index is 11.3. The Kier molecular flexibility index (Phi) is 17.7. The van der Waals surface area contributed by atoms with Gasteiger partial charge in [0.05, 0.1) is 11.7 Å². The second-order valence-electron chi connectivity index (χ2n) is 6.57. The zero-order valence-electron chi connectivity index (χ0n) is 16.7. The lowest BCUT2D eigenvalue weighted by Gasteiger charge is -2.29. The quantitative estimate of drug-likeness (QED) is 0.553. The van der Waals surface area contributed by atoms with Gasteiger partial charge in [0.2, 0.25) is 0 Å². The highest BCUT2D eigenvalue weighted by Crippen LogP contribution is 2.22. The number of ether oxygens (including phenoxy) is 1. The molecule has 0 aromatic rings. The fourth-order valence-corrected chi connectivity index (χ4v) is 1.80. The largest absolute Gasteiger partial charge is 0.373 e. The van der Waals surface area contributed by atoms with E-state index in [2.05, 4.69) is 34.6 Å². The van der Waals surface area contributed by atoms with E-state index in [-0.39, 0.29) is 23.4 Å². The molecule has 0 aliphatic heterocycles. The van der Waals surface area contributed by atoms with Crippen molar-refractivity contribution in [3.63, 3.8) is 0 Å². The zero-order valence-corrected chi connectivity index (χ0v) is 16.7. The van der Waals surface area contributed by atoms with Gasteiger partial charge in [-0.05, 0) is 52.9 Å². The molecule has 0 aromatic carbocycles. The molecule has 0 unspecified atom stereocenters. The monoisotopic (exact) mass is 302 g/mol. The third-order valence-electron chi connectivity index (χ3n) is 2.90. The van der Waals surface area contributed by atoms with Crippen molar-refractivity contribution in [2.24, 2.45) is 11.8 Å². The molecular weight excluding hydrogens is 260 g/mol. The van der Waals surface area contributed by atoms with E-state index in [4.69, 9.17) is 4.74 Å². The summed E-state index contributed by atoms with van der Waals surface area (Å²) in [6.07, 6.45) is 3.26. The van der Waals surface area contributed by atoms with Gasteiger partial charge >= 0.3 is 0 Å². The summed E-state index contributed by atoms with van der Waals surface area (Å²) >= 11 is 0. The van der Waals surface area contributed by atoms with E-state index in [1.807, 2.05) is 34.6 Å². The lowest BCUT2D eigenvalue weighted by molar-refractivity contribution is -0.123. The maximum Gasteiger partial charge on any atom is 0.132 e. The Balaban J connectivity index is -0.000000739. The molecule has 0 N–H and O–H groups in total. The summed E-state index contributed by atoms with van der Waals surface area (Å²) in [5, 5.41) is 0. The van der Waals surface area contributed by atoms with Crippen molar-refractivity contribution >= 4 is 5.78 Å². The van der Waals surface area contributed by atoms with Gasteiger partial charge in [-0.15, -0.1) is 0 Å². The highest BCUT2D eigenvalue weighted by molar-refractivity contribution is 5.77. The van der Waals surface area contributed by atoms with Gasteiger partial charge in [-0.2, -0.15) is 0 Å². The summed E-state index contributed by atoms with van der Waals surface area (Å²) in [6.45, 7) is 22.3. The number of carbonyl (C=O) groups is 1. The molecule has 130 valence electrons. The van der Waals surface area contributed by atoms with Crippen LogP contribution < -0.4 is 0 Å². The lowest BCUT2D eigenvalue weighted by atomic mass is 9.94. The van der Waals surface area contributed by atoms with Crippen molar-refractivity contribution in [1.29, 1.82) is 0 Å². The van der Waals surface area contributed by atoms with E-state index in [1.54, 1.807) is 6.92 Å². The van der Waals surface area contributed by atoms with Gasteiger partial charge in [-0.1, -0.05) is 48.5 Å². The van der Waals surface area contributed by atoms with Crippen molar-refractivity contribution in [1.82, 2.24) is 0 Å².